The van der Waals surface area contributed by atoms with E-state index in [1.165, 1.54) is 16.3 Å². The summed E-state index contributed by atoms with van der Waals surface area (Å²) < 4.78 is 32.2. The number of hydrogen-bond donors (Lipinski definition) is 0. The summed E-state index contributed by atoms with van der Waals surface area (Å²) in [6, 6.07) is 14.8. The second-order valence-corrected chi connectivity index (χ2v) is 4.32. The van der Waals surface area contributed by atoms with E-state index in [0.717, 1.165) is 6.26 Å². The van der Waals surface area contributed by atoms with Crippen LogP contribution in [0.15, 0.2) is 42.5 Å². The molecule has 2 aromatic rings. The Labute approximate surface area is 103 Å². The fourth-order valence-electron chi connectivity index (χ4n) is 1.39. The molecule has 0 atom stereocenters. The van der Waals surface area contributed by atoms with Gasteiger partial charge in [-0.2, -0.15) is 13.2 Å². The molecule has 0 aliphatic rings. The quantitative estimate of drug-likeness (QED) is 0.639. The molecule has 2 aromatic carbocycles. The van der Waals surface area contributed by atoms with Gasteiger partial charge in [-0.25, -0.2) is 0 Å². The van der Waals surface area contributed by atoms with Crippen LogP contribution in [0.25, 0.3) is 10.8 Å². The van der Waals surface area contributed by atoms with Crippen LogP contribution in [-0.2, 0) is 0 Å². The first-order valence-electron chi connectivity index (χ1n) is 5.00. The maximum Gasteiger partial charge on any atom is 0.441 e. The fraction of sp³-hybridized carbons (Fsp3) is 0.231. The van der Waals surface area contributed by atoms with E-state index in [0.29, 0.717) is 0 Å². The molecule has 17 heavy (non-hydrogen) atoms. The van der Waals surface area contributed by atoms with Gasteiger partial charge in [-0.05, 0) is 29.5 Å². The molecule has 0 N–H and O–H groups in total. The molecule has 0 aromatic heterocycles. The van der Waals surface area contributed by atoms with Gasteiger partial charge in [0.15, 0.2) is 0 Å². The zero-order chi connectivity index (χ0) is 12.9. The van der Waals surface area contributed by atoms with Gasteiger partial charge in [0.1, 0.15) is 0 Å². The molecule has 0 heterocycles. The molecule has 0 radical (unpaired) electrons. The van der Waals surface area contributed by atoms with Crippen LogP contribution in [0.2, 0.25) is 0 Å². The number of benzene rings is 2. The van der Waals surface area contributed by atoms with E-state index in [4.69, 9.17) is 0 Å². The van der Waals surface area contributed by atoms with Gasteiger partial charge < -0.3 is 0 Å². The van der Waals surface area contributed by atoms with E-state index < -0.39 is 5.51 Å². The second-order valence-electron chi connectivity index (χ2n) is 3.45. The van der Waals surface area contributed by atoms with Crippen molar-refractivity contribution in [2.75, 3.05) is 6.26 Å². The summed E-state index contributed by atoms with van der Waals surface area (Å²) >= 11 is -0.118. The highest BCUT2D eigenvalue weighted by molar-refractivity contribution is 7.99. The third kappa shape index (κ3) is 4.69. The normalized spacial score (nSPS) is 10.9. The van der Waals surface area contributed by atoms with E-state index in [2.05, 4.69) is 49.4 Å². The van der Waals surface area contributed by atoms with Crippen molar-refractivity contribution < 1.29 is 13.2 Å². The molecule has 0 saturated carbocycles. The van der Waals surface area contributed by atoms with E-state index in [-0.39, 0.29) is 11.8 Å². The Morgan fingerprint density at radius 1 is 0.941 bits per heavy atom. The van der Waals surface area contributed by atoms with Gasteiger partial charge in [0.2, 0.25) is 0 Å². The Bertz CT molecular complexity index is 472. The number of hydrogen-bond acceptors (Lipinski definition) is 1. The smallest absolute Gasteiger partial charge is 0.160 e. The first-order valence-corrected chi connectivity index (χ1v) is 6.23. The van der Waals surface area contributed by atoms with Gasteiger partial charge in [-0.15, -0.1) is 0 Å². The van der Waals surface area contributed by atoms with Crippen LogP contribution in [0.3, 0.4) is 0 Å². The molecule has 0 fully saturated rings. The number of aryl methyl sites for hydroxylation is 1. The lowest BCUT2D eigenvalue weighted by Gasteiger charge is -1.98. The average molecular weight is 258 g/mol. The molecule has 0 amide bonds. The molecule has 0 aliphatic heterocycles. The number of thioether (sulfide) groups is 1. The predicted octanol–water partition coefficient (Wildman–Crippen LogP) is 5.02. The van der Waals surface area contributed by atoms with E-state index in [1.54, 1.807) is 0 Å². The monoisotopic (exact) mass is 258 g/mol. The lowest BCUT2D eigenvalue weighted by molar-refractivity contribution is -0.0323. The first kappa shape index (κ1) is 13.9. The van der Waals surface area contributed by atoms with Crippen LogP contribution < -0.4 is 0 Å². The second kappa shape index (κ2) is 5.96. The Balaban J connectivity index is 0.000000209. The first-order chi connectivity index (χ1) is 7.94. The summed E-state index contributed by atoms with van der Waals surface area (Å²) in [4.78, 5) is 0. The van der Waals surface area contributed by atoms with Gasteiger partial charge in [-0.3, -0.25) is 0 Å². The van der Waals surface area contributed by atoms with Crippen molar-refractivity contribution in [1.82, 2.24) is 0 Å². The standard InChI is InChI=1S/C11H10.C2H3F3S/c1-9-5-4-7-10-6-2-3-8-11(9)10;1-6-2(3,4)5/h2-8H,1H3;1H3. The van der Waals surface area contributed by atoms with Gasteiger partial charge in [0, 0.05) is 0 Å². The fourth-order valence-corrected chi connectivity index (χ4v) is 1.39. The number of rotatable bonds is 0. The molecule has 0 unspecified atom stereocenters. The van der Waals surface area contributed by atoms with Gasteiger partial charge in [0.05, 0.1) is 0 Å². The predicted molar refractivity (Wildman–Crippen MR) is 68.3 cm³/mol. The van der Waals surface area contributed by atoms with Gasteiger partial charge in [0.25, 0.3) is 0 Å². The summed E-state index contributed by atoms with van der Waals surface area (Å²) in [6.07, 6.45) is 1.00. The van der Waals surface area contributed by atoms with Gasteiger partial charge >= 0.3 is 5.51 Å². The minimum atomic E-state index is -4.04. The molecular weight excluding hydrogens is 245 g/mol. The molecule has 0 aliphatic carbocycles. The van der Waals surface area contributed by atoms with E-state index in [9.17, 15) is 13.2 Å². The summed E-state index contributed by atoms with van der Waals surface area (Å²) in [5, 5.41) is 2.68. The molecule has 0 spiro atoms. The highest BCUT2D eigenvalue weighted by Gasteiger charge is 2.24. The van der Waals surface area contributed by atoms with Crippen LogP contribution in [0.1, 0.15) is 5.56 Å². The lowest BCUT2D eigenvalue weighted by Crippen LogP contribution is -1.96. The lowest BCUT2D eigenvalue weighted by atomic mass is 10.1. The summed E-state index contributed by atoms with van der Waals surface area (Å²) in [7, 11) is 0. The highest BCUT2D eigenvalue weighted by atomic mass is 32.2. The van der Waals surface area contributed by atoms with Gasteiger partial charge in [-0.1, -0.05) is 54.2 Å². The zero-order valence-electron chi connectivity index (χ0n) is 9.58. The van der Waals surface area contributed by atoms with Crippen LogP contribution in [0.4, 0.5) is 13.2 Å². The Morgan fingerprint density at radius 3 is 2.00 bits per heavy atom. The average Bonchev–Trinajstić information content (AvgIpc) is 2.30. The van der Waals surface area contributed by atoms with E-state index in [1.807, 2.05) is 0 Å². The molecule has 0 bridgehead atoms. The molecule has 0 saturated heterocycles. The van der Waals surface area contributed by atoms with Crippen molar-refractivity contribution >= 4 is 22.5 Å². The molecule has 0 nitrogen and oxygen atoms in total. The highest BCUT2D eigenvalue weighted by Crippen LogP contribution is 2.26. The SMILES string of the molecule is CSC(F)(F)F.Cc1cccc2ccccc12. The third-order valence-corrected chi connectivity index (χ3v) is 2.70. The largest absolute Gasteiger partial charge is 0.441 e. The van der Waals surface area contributed by atoms with Crippen molar-refractivity contribution in [2.45, 2.75) is 12.4 Å². The Hall–Kier alpha value is -1.16. The van der Waals surface area contributed by atoms with Crippen LogP contribution in [0, 0.1) is 6.92 Å². The minimum absolute atomic E-state index is 0.118. The topological polar surface area (TPSA) is 0 Å². The minimum Gasteiger partial charge on any atom is -0.160 e. The zero-order valence-corrected chi connectivity index (χ0v) is 10.4. The van der Waals surface area contributed by atoms with Crippen LogP contribution in [0.5, 0.6) is 0 Å². The van der Waals surface area contributed by atoms with Crippen molar-refractivity contribution in [3.8, 4) is 0 Å². The number of halogens is 3. The summed E-state index contributed by atoms with van der Waals surface area (Å²) in [5.74, 6) is 0. The van der Waals surface area contributed by atoms with Crippen molar-refractivity contribution in [3.63, 3.8) is 0 Å². The molecule has 2 rings (SSSR count). The van der Waals surface area contributed by atoms with Crippen molar-refractivity contribution in [3.05, 3.63) is 48.0 Å². The molecule has 4 heteroatoms. The third-order valence-electron chi connectivity index (χ3n) is 2.24. The van der Waals surface area contributed by atoms with Crippen LogP contribution >= 0.6 is 11.8 Å². The van der Waals surface area contributed by atoms with E-state index >= 15 is 0 Å². The summed E-state index contributed by atoms with van der Waals surface area (Å²) in [6.45, 7) is 2.14. The number of alkyl halides is 3. The Morgan fingerprint density at radius 2 is 1.47 bits per heavy atom. The van der Waals surface area contributed by atoms with Crippen LogP contribution in [-0.4, -0.2) is 11.8 Å². The van der Waals surface area contributed by atoms with Crippen molar-refractivity contribution in [2.24, 2.45) is 0 Å². The summed E-state index contributed by atoms with van der Waals surface area (Å²) in [5.41, 5.74) is -2.69. The molecular formula is C13H13F3S. The Kier molecular flexibility index (Phi) is 4.87. The maximum atomic E-state index is 10.7. The number of fused-ring (bicyclic) bond motifs is 1. The van der Waals surface area contributed by atoms with Crippen molar-refractivity contribution in [1.29, 1.82) is 0 Å². The molecule has 92 valence electrons. The maximum absolute atomic E-state index is 10.7.